The van der Waals surface area contributed by atoms with Crippen LogP contribution in [0.4, 0.5) is 11.6 Å². The molecular weight excluding hydrogens is 274 g/mol. The molecule has 0 saturated carbocycles. The van der Waals surface area contributed by atoms with Crippen molar-refractivity contribution in [2.45, 2.75) is 39.7 Å². The zero-order chi connectivity index (χ0) is 16.2. The third-order valence-electron chi connectivity index (χ3n) is 3.20. The van der Waals surface area contributed by atoms with E-state index in [0.29, 0.717) is 0 Å². The number of rotatable bonds is 5. The number of pyridine rings is 1. The molecule has 0 unspecified atom stereocenters. The number of aryl methyl sites for hydroxylation is 1. The van der Waals surface area contributed by atoms with Gasteiger partial charge in [-0.1, -0.05) is 0 Å². The van der Waals surface area contributed by atoms with E-state index in [4.69, 9.17) is 0 Å². The molecule has 0 radical (unpaired) electrons. The molecule has 0 spiro atoms. The van der Waals surface area contributed by atoms with Crippen LogP contribution in [0, 0.1) is 6.92 Å². The first kappa shape index (κ1) is 16.2. The Kier molecular flexibility index (Phi) is 4.96. The highest BCUT2D eigenvalue weighted by Crippen LogP contribution is 2.18. The summed E-state index contributed by atoms with van der Waals surface area (Å²) in [5, 5.41) is 3.40. The van der Waals surface area contributed by atoms with Crippen molar-refractivity contribution in [1.82, 2.24) is 15.0 Å². The lowest BCUT2D eigenvalue weighted by Gasteiger charge is -2.24. The van der Waals surface area contributed by atoms with Gasteiger partial charge in [-0.3, -0.25) is 4.98 Å². The molecule has 0 aliphatic rings. The smallest absolute Gasteiger partial charge is 0.134 e. The highest BCUT2D eigenvalue weighted by Gasteiger charge is 2.13. The van der Waals surface area contributed by atoms with Crippen LogP contribution in [0.2, 0.25) is 0 Å². The lowest BCUT2D eigenvalue weighted by molar-refractivity contribution is 0.629. The fraction of sp³-hybridized carbons (Fsp3) is 0.471. The molecule has 5 heteroatoms. The topological polar surface area (TPSA) is 53.9 Å². The summed E-state index contributed by atoms with van der Waals surface area (Å²) >= 11 is 0. The van der Waals surface area contributed by atoms with Crippen LogP contribution in [-0.2, 0) is 6.42 Å². The summed E-state index contributed by atoms with van der Waals surface area (Å²) < 4.78 is 0. The number of anilines is 2. The minimum atomic E-state index is -0.0202. The summed E-state index contributed by atoms with van der Waals surface area (Å²) in [5.41, 5.74) is 1.26. The van der Waals surface area contributed by atoms with E-state index < -0.39 is 0 Å². The van der Waals surface area contributed by atoms with Crippen LogP contribution < -0.4 is 10.2 Å². The zero-order valence-corrected chi connectivity index (χ0v) is 14.1. The van der Waals surface area contributed by atoms with Gasteiger partial charge in [-0.15, -0.1) is 0 Å². The van der Waals surface area contributed by atoms with Gasteiger partial charge in [0.25, 0.3) is 0 Å². The molecule has 2 aromatic heterocycles. The van der Waals surface area contributed by atoms with Crippen LogP contribution in [-0.4, -0.2) is 34.1 Å². The van der Waals surface area contributed by atoms with Crippen molar-refractivity contribution in [2.24, 2.45) is 0 Å². The summed E-state index contributed by atoms with van der Waals surface area (Å²) in [5.74, 6) is 2.58. The number of nitrogens with zero attached hydrogens (tertiary/aromatic N) is 4. The minimum absolute atomic E-state index is 0.0202. The first-order chi connectivity index (χ1) is 10.3. The molecule has 0 bridgehead atoms. The Bertz CT molecular complexity index is 604. The second kappa shape index (κ2) is 6.73. The van der Waals surface area contributed by atoms with Gasteiger partial charge in [0.15, 0.2) is 0 Å². The molecule has 0 saturated heterocycles. The lowest BCUT2D eigenvalue weighted by atomic mass is 10.1. The fourth-order valence-corrected chi connectivity index (χ4v) is 2.16. The van der Waals surface area contributed by atoms with Crippen LogP contribution in [0.1, 0.15) is 32.2 Å². The maximum Gasteiger partial charge on any atom is 0.134 e. The predicted molar refractivity (Wildman–Crippen MR) is 91.4 cm³/mol. The predicted octanol–water partition coefficient (Wildman–Crippen LogP) is 3.07. The molecule has 0 aliphatic carbocycles. The summed E-state index contributed by atoms with van der Waals surface area (Å²) in [6.07, 6.45) is 4.62. The molecule has 0 fully saturated rings. The van der Waals surface area contributed by atoms with E-state index in [9.17, 15) is 0 Å². The average Bonchev–Trinajstić information content (AvgIpc) is 2.43. The Morgan fingerprint density at radius 1 is 1.14 bits per heavy atom. The van der Waals surface area contributed by atoms with Crippen molar-refractivity contribution in [3.8, 4) is 0 Å². The van der Waals surface area contributed by atoms with Gasteiger partial charge in [0, 0.05) is 37.6 Å². The monoisotopic (exact) mass is 299 g/mol. The van der Waals surface area contributed by atoms with Gasteiger partial charge >= 0.3 is 0 Å². The molecule has 118 valence electrons. The van der Waals surface area contributed by atoms with Gasteiger partial charge < -0.3 is 10.2 Å². The van der Waals surface area contributed by atoms with E-state index >= 15 is 0 Å². The van der Waals surface area contributed by atoms with Crippen molar-refractivity contribution >= 4 is 11.6 Å². The van der Waals surface area contributed by atoms with Gasteiger partial charge in [-0.05, 0) is 51.8 Å². The van der Waals surface area contributed by atoms with Crippen molar-refractivity contribution < 1.29 is 0 Å². The van der Waals surface area contributed by atoms with E-state index in [1.54, 1.807) is 0 Å². The molecule has 2 heterocycles. The molecule has 5 nitrogen and oxygen atoms in total. The maximum absolute atomic E-state index is 4.54. The summed E-state index contributed by atoms with van der Waals surface area (Å²) in [7, 11) is 2.06. The highest BCUT2D eigenvalue weighted by molar-refractivity contribution is 5.50. The Morgan fingerprint density at radius 3 is 2.45 bits per heavy atom. The van der Waals surface area contributed by atoms with Crippen molar-refractivity contribution in [3.63, 3.8) is 0 Å². The van der Waals surface area contributed by atoms with Gasteiger partial charge in [0.05, 0.1) is 0 Å². The second-order valence-electron chi connectivity index (χ2n) is 6.56. The molecule has 22 heavy (non-hydrogen) atoms. The number of nitrogens with one attached hydrogen (secondary N) is 1. The average molecular weight is 299 g/mol. The first-order valence-corrected chi connectivity index (χ1v) is 7.57. The van der Waals surface area contributed by atoms with Crippen LogP contribution in [0.5, 0.6) is 0 Å². The van der Waals surface area contributed by atoms with E-state index in [0.717, 1.165) is 30.4 Å². The number of aromatic nitrogens is 3. The molecule has 0 atom stereocenters. The molecule has 2 aromatic rings. The van der Waals surface area contributed by atoms with Crippen molar-refractivity contribution in [3.05, 3.63) is 42.0 Å². The fourth-order valence-electron chi connectivity index (χ4n) is 2.16. The van der Waals surface area contributed by atoms with E-state index in [2.05, 4.69) is 53.0 Å². The minimum Gasteiger partial charge on any atom is -0.365 e. The van der Waals surface area contributed by atoms with Crippen molar-refractivity contribution in [1.29, 1.82) is 0 Å². The maximum atomic E-state index is 4.54. The SMILES string of the molecule is Cc1nc(NC(C)(C)C)cc(N(C)CCc2ccncc2)n1. The van der Waals surface area contributed by atoms with Gasteiger partial charge in [-0.2, -0.15) is 0 Å². The van der Waals surface area contributed by atoms with E-state index in [1.165, 1.54) is 5.56 Å². The molecule has 1 N–H and O–H groups in total. The summed E-state index contributed by atoms with van der Waals surface area (Å²) in [4.78, 5) is 15.2. The number of likely N-dealkylation sites (N-methyl/N-ethyl adjacent to an activating group) is 1. The zero-order valence-electron chi connectivity index (χ0n) is 14.1. The van der Waals surface area contributed by atoms with E-state index in [-0.39, 0.29) is 5.54 Å². The van der Waals surface area contributed by atoms with Crippen LogP contribution in [0.15, 0.2) is 30.6 Å². The standard InChI is InChI=1S/C17H25N5/c1-13-19-15(21-17(2,3)4)12-16(20-13)22(5)11-8-14-6-9-18-10-7-14/h6-7,9-10,12H,8,11H2,1-5H3,(H,19,20,21). The third kappa shape index (κ3) is 4.98. The molecule has 0 aliphatic heterocycles. The van der Waals surface area contributed by atoms with Gasteiger partial charge in [0.2, 0.25) is 0 Å². The Morgan fingerprint density at radius 2 is 1.82 bits per heavy atom. The Hall–Kier alpha value is -2.17. The summed E-state index contributed by atoms with van der Waals surface area (Å²) in [6.45, 7) is 9.19. The normalized spacial score (nSPS) is 11.3. The van der Waals surface area contributed by atoms with Gasteiger partial charge in [0.1, 0.15) is 17.5 Å². The molecule has 0 amide bonds. The van der Waals surface area contributed by atoms with Crippen LogP contribution in [0.25, 0.3) is 0 Å². The lowest BCUT2D eigenvalue weighted by Crippen LogP contribution is -2.28. The highest BCUT2D eigenvalue weighted by atomic mass is 15.2. The summed E-state index contributed by atoms with van der Waals surface area (Å²) in [6, 6.07) is 6.10. The Balaban J connectivity index is 2.07. The van der Waals surface area contributed by atoms with Gasteiger partial charge in [-0.25, -0.2) is 9.97 Å². The number of hydrogen-bond donors (Lipinski definition) is 1. The van der Waals surface area contributed by atoms with Crippen LogP contribution >= 0.6 is 0 Å². The Labute approximate surface area is 132 Å². The number of hydrogen-bond acceptors (Lipinski definition) is 5. The van der Waals surface area contributed by atoms with Crippen LogP contribution in [0.3, 0.4) is 0 Å². The second-order valence-corrected chi connectivity index (χ2v) is 6.56. The largest absolute Gasteiger partial charge is 0.365 e. The quantitative estimate of drug-likeness (QED) is 0.919. The third-order valence-corrected chi connectivity index (χ3v) is 3.20. The first-order valence-electron chi connectivity index (χ1n) is 7.57. The molecular formula is C17H25N5. The molecule has 2 rings (SSSR count). The molecule has 0 aromatic carbocycles. The van der Waals surface area contributed by atoms with Crippen molar-refractivity contribution in [2.75, 3.05) is 23.8 Å². The van der Waals surface area contributed by atoms with E-state index in [1.807, 2.05) is 37.5 Å².